The number of carboxylic acids is 1. The van der Waals surface area contributed by atoms with Crippen molar-refractivity contribution in [3.63, 3.8) is 0 Å². The topological polar surface area (TPSA) is 121 Å². The molecule has 0 aliphatic carbocycles. The molecule has 2 aliphatic heterocycles. The highest BCUT2D eigenvalue weighted by molar-refractivity contribution is 6.12. The summed E-state index contributed by atoms with van der Waals surface area (Å²) in [6.45, 7) is 1.15. The van der Waals surface area contributed by atoms with E-state index in [1.165, 1.54) is 35.3 Å². The summed E-state index contributed by atoms with van der Waals surface area (Å²) in [7, 11) is 1.36. The van der Waals surface area contributed by atoms with Crippen LogP contribution in [0.2, 0.25) is 0 Å². The summed E-state index contributed by atoms with van der Waals surface area (Å²) in [5.74, 6) is -1.56. The number of benzene rings is 1. The van der Waals surface area contributed by atoms with Crippen molar-refractivity contribution in [2.75, 3.05) is 43.1 Å². The Hall–Kier alpha value is -3.66. The van der Waals surface area contributed by atoms with Gasteiger partial charge < -0.3 is 19.2 Å². The second kappa shape index (κ2) is 9.45. The molecule has 0 unspecified atom stereocenters. The third-order valence-electron chi connectivity index (χ3n) is 6.07. The van der Waals surface area contributed by atoms with Crippen LogP contribution in [0.4, 0.5) is 11.4 Å². The number of carbonyl (C=O) groups is 4. The minimum Gasteiger partial charge on any atom is -0.478 e. The van der Waals surface area contributed by atoms with E-state index in [2.05, 4.69) is 0 Å². The van der Waals surface area contributed by atoms with Gasteiger partial charge in [-0.1, -0.05) is 0 Å². The van der Waals surface area contributed by atoms with Crippen LogP contribution in [0.1, 0.15) is 29.0 Å². The summed E-state index contributed by atoms with van der Waals surface area (Å²) < 4.78 is 10.2. The van der Waals surface area contributed by atoms with E-state index in [0.717, 1.165) is 0 Å². The zero-order chi connectivity index (χ0) is 23.5. The fourth-order valence-electron chi connectivity index (χ4n) is 4.27. The molecular weight excluding hydrogens is 430 g/mol. The van der Waals surface area contributed by atoms with Crippen LogP contribution in [-0.2, 0) is 25.7 Å². The lowest BCUT2D eigenvalue weighted by Gasteiger charge is -2.37. The van der Waals surface area contributed by atoms with Gasteiger partial charge in [0.1, 0.15) is 12.3 Å². The molecule has 2 amide bonds. The number of aromatic carboxylic acids is 1. The standard InChI is InChI=1S/C23H25N3O7/c1-32-23(31)15-6-8-24(9-7-15)13-20(27)26-14-21(28)25(12-17-3-2-10-33-17)18-5-4-16(22(29)30)11-19(18)26/h2-5,10-11,15H,6-9,12-14H2,1H3,(H,29,30). The molecular formula is C23H25N3O7. The number of esters is 1. The first-order chi connectivity index (χ1) is 15.9. The van der Waals surface area contributed by atoms with Gasteiger partial charge in [0.15, 0.2) is 0 Å². The molecule has 1 saturated heterocycles. The van der Waals surface area contributed by atoms with Gasteiger partial charge in [-0.15, -0.1) is 0 Å². The zero-order valence-electron chi connectivity index (χ0n) is 18.2. The zero-order valence-corrected chi connectivity index (χ0v) is 18.2. The molecule has 0 radical (unpaired) electrons. The number of amides is 2. The predicted octanol–water partition coefficient (Wildman–Crippen LogP) is 1.74. The number of carboxylic acid groups (broad SMARTS) is 1. The predicted molar refractivity (Wildman–Crippen MR) is 117 cm³/mol. The summed E-state index contributed by atoms with van der Waals surface area (Å²) in [6.07, 6.45) is 2.70. The molecule has 1 fully saturated rings. The van der Waals surface area contributed by atoms with Crippen molar-refractivity contribution in [2.24, 2.45) is 5.92 Å². The largest absolute Gasteiger partial charge is 0.478 e. The minimum absolute atomic E-state index is 0.0257. The molecule has 4 rings (SSSR count). The SMILES string of the molecule is COC(=O)C1CCN(CC(=O)N2CC(=O)N(Cc3ccco3)c3ccc(C(=O)O)cc32)CC1. The van der Waals surface area contributed by atoms with Gasteiger partial charge in [-0.2, -0.15) is 0 Å². The number of rotatable bonds is 6. The van der Waals surface area contributed by atoms with Gasteiger partial charge in [0.25, 0.3) is 0 Å². The number of ether oxygens (including phenoxy) is 1. The molecule has 174 valence electrons. The van der Waals surface area contributed by atoms with E-state index in [1.54, 1.807) is 18.2 Å². The average molecular weight is 455 g/mol. The maximum atomic E-state index is 13.2. The highest BCUT2D eigenvalue weighted by Gasteiger charge is 2.35. The van der Waals surface area contributed by atoms with Crippen molar-refractivity contribution in [1.82, 2.24) is 4.90 Å². The maximum absolute atomic E-state index is 13.2. The van der Waals surface area contributed by atoms with Crippen molar-refractivity contribution in [3.05, 3.63) is 47.9 Å². The van der Waals surface area contributed by atoms with Crippen molar-refractivity contribution in [3.8, 4) is 0 Å². The van der Waals surface area contributed by atoms with Crippen LogP contribution in [0.15, 0.2) is 41.0 Å². The van der Waals surface area contributed by atoms with Crippen LogP contribution in [0.5, 0.6) is 0 Å². The van der Waals surface area contributed by atoms with Crippen LogP contribution < -0.4 is 9.80 Å². The third-order valence-corrected chi connectivity index (χ3v) is 6.07. The lowest BCUT2D eigenvalue weighted by atomic mass is 9.97. The van der Waals surface area contributed by atoms with Gasteiger partial charge in [-0.05, 0) is 56.3 Å². The molecule has 0 atom stereocenters. The average Bonchev–Trinajstić information content (AvgIpc) is 3.33. The van der Waals surface area contributed by atoms with Gasteiger partial charge in [-0.25, -0.2) is 4.79 Å². The van der Waals surface area contributed by atoms with Crippen molar-refractivity contribution >= 4 is 35.1 Å². The molecule has 33 heavy (non-hydrogen) atoms. The Morgan fingerprint density at radius 1 is 1.15 bits per heavy atom. The van der Waals surface area contributed by atoms with Crippen LogP contribution >= 0.6 is 0 Å². The first-order valence-electron chi connectivity index (χ1n) is 10.7. The number of fused-ring (bicyclic) bond motifs is 1. The lowest BCUT2D eigenvalue weighted by Crippen LogP contribution is -2.51. The minimum atomic E-state index is -1.12. The number of hydrogen-bond donors (Lipinski definition) is 1. The molecule has 0 spiro atoms. The first-order valence-corrected chi connectivity index (χ1v) is 10.7. The quantitative estimate of drug-likeness (QED) is 0.654. The molecule has 10 heteroatoms. The number of methoxy groups -OCH3 is 1. The monoisotopic (exact) mass is 455 g/mol. The fraction of sp³-hybridized carbons (Fsp3) is 0.391. The number of anilines is 2. The van der Waals surface area contributed by atoms with Crippen LogP contribution in [0.25, 0.3) is 0 Å². The van der Waals surface area contributed by atoms with Gasteiger partial charge >= 0.3 is 11.9 Å². The summed E-state index contributed by atoms with van der Waals surface area (Å²) in [5, 5.41) is 9.44. The van der Waals surface area contributed by atoms with Gasteiger partial charge in [0, 0.05) is 0 Å². The van der Waals surface area contributed by atoms with E-state index in [-0.39, 0.29) is 48.9 Å². The Morgan fingerprint density at radius 3 is 2.55 bits per heavy atom. The number of furan rings is 1. The summed E-state index contributed by atoms with van der Waals surface area (Å²) >= 11 is 0. The molecule has 0 saturated carbocycles. The van der Waals surface area contributed by atoms with E-state index in [0.29, 0.717) is 43.1 Å². The normalized spacial score (nSPS) is 17.1. The van der Waals surface area contributed by atoms with E-state index in [1.807, 2.05) is 4.90 Å². The highest BCUT2D eigenvalue weighted by Crippen LogP contribution is 2.36. The van der Waals surface area contributed by atoms with E-state index < -0.39 is 5.97 Å². The number of likely N-dealkylation sites (tertiary alicyclic amines) is 1. The third kappa shape index (κ3) is 4.75. The Bertz CT molecular complexity index is 1060. The molecule has 2 aromatic rings. The first kappa shape index (κ1) is 22.5. The van der Waals surface area contributed by atoms with Crippen LogP contribution in [-0.4, -0.2) is 67.0 Å². The Morgan fingerprint density at radius 2 is 1.91 bits per heavy atom. The molecule has 2 aliphatic rings. The van der Waals surface area contributed by atoms with Crippen molar-refractivity contribution < 1.29 is 33.4 Å². The second-order valence-corrected chi connectivity index (χ2v) is 8.12. The number of piperidine rings is 1. The van der Waals surface area contributed by atoms with Crippen molar-refractivity contribution in [2.45, 2.75) is 19.4 Å². The fourth-order valence-corrected chi connectivity index (χ4v) is 4.27. The van der Waals surface area contributed by atoms with Gasteiger partial charge in [0.2, 0.25) is 11.8 Å². The number of hydrogen-bond acceptors (Lipinski definition) is 7. The molecule has 1 aromatic heterocycles. The highest BCUT2D eigenvalue weighted by atomic mass is 16.5. The Kier molecular flexibility index (Phi) is 6.45. The smallest absolute Gasteiger partial charge is 0.335 e. The maximum Gasteiger partial charge on any atom is 0.335 e. The number of carbonyl (C=O) groups excluding carboxylic acids is 3. The number of nitrogens with zero attached hydrogens (tertiary/aromatic N) is 3. The molecule has 3 heterocycles. The Labute approximate surface area is 190 Å². The summed E-state index contributed by atoms with van der Waals surface area (Å²) in [5.41, 5.74) is 0.846. The molecule has 1 aromatic carbocycles. The van der Waals surface area contributed by atoms with E-state index >= 15 is 0 Å². The molecule has 0 bridgehead atoms. The van der Waals surface area contributed by atoms with E-state index in [4.69, 9.17) is 9.15 Å². The Balaban J connectivity index is 1.54. The van der Waals surface area contributed by atoms with E-state index in [9.17, 15) is 24.3 Å². The molecule has 10 nitrogen and oxygen atoms in total. The summed E-state index contributed by atoms with van der Waals surface area (Å²) in [4.78, 5) is 54.2. The van der Waals surface area contributed by atoms with Gasteiger partial charge in [-0.3, -0.25) is 24.2 Å². The van der Waals surface area contributed by atoms with Crippen LogP contribution in [0, 0.1) is 5.92 Å². The molecule has 1 N–H and O–H groups in total. The van der Waals surface area contributed by atoms with Crippen molar-refractivity contribution in [1.29, 1.82) is 0 Å². The lowest BCUT2D eigenvalue weighted by molar-refractivity contribution is -0.147. The second-order valence-electron chi connectivity index (χ2n) is 8.12. The van der Waals surface area contributed by atoms with Gasteiger partial charge in [0.05, 0.1) is 49.3 Å². The van der Waals surface area contributed by atoms with Crippen LogP contribution in [0.3, 0.4) is 0 Å². The summed E-state index contributed by atoms with van der Waals surface area (Å²) in [6, 6.07) is 7.84.